The van der Waals surface area contributed by atoms with E-state index in [0.717, 1.165) is 0 Å². The first kappa shape index (κ1) is 15.7. The Hall–Kier alpha value is -2.19. The van der Waals surface area contributed by atoms with E-state index in [1.807, 2.05) is 6.92 Å². The number of carbonyl (C=O) groups is 1. The van der Waals surface area contributed by atoms with E-state index >= 15 is 0 Å². The lowest BCUT2D eigenvalue weighted by Gasteiger charge is -2.16. The third kappa shape index (κ3) is 2.34. The summed E-state index contributed by atoms with van der Waals surface area (Å²) in [5.41, 5.74) is 1.37. The third-order valence-corrected chi connectivity index (χ3v) is 5.93. The zero-order chi connectivity index (χ0) is 16.8. The van der Waals surface area contributed by atoms with Gasteiger partial charge in [-0.25, -0.2) is 13.4 Å². The summed E-state index contributed by atoms with van der Waals surface area (Å²) >= 11 is 0. The Morgan fingerprint density at radius 1 is 1.35 bits per heavy atom. The fourth-order valence-corrected chi connectivity index (χ4v) is 3.88. The molecule has 3 rings (SSSR count). The Kier molecular flexibility index (Phi) is 3.73. The van der Waals surface area contributed by atoms with Crippen LogP contribution in [-0.2, 0) is 16.6 Å². The first-order chi connectivity index (χ1) is 10.9. The van der Waals surface area contributed by atoms with Crippen LogP contribution in [0.2, 0.25) is 0 Å². The Morgan fingerprint density at radius 3 is 2.74 bits per heavy atom. The summed E-state index contributed by atoms with van der Waals surface area (Å²) in [5.74, 6) is -0.216. The van der Waals surface area contributed by atoms with E-state index < -0.39 is 10.0 Å². The molecule has 1 aromatic heterocycles. The van der Waals surface area contributed by atoms with Gasteiger partial charge in [-0.1, -0.05) is 12.1 Å². The zero-order valence-electron chi connectivity index (χ0n) is 13.2. The molecule has 2 aromatic rings. The minimum absolute atomic E-state index is 0.0929. The molecule has 0 saturated heterocycles. The molecule has 0 unspecified atom stereocenters. The topological polar surface area (TPSA) is 75.5 Å². The summed E-state index contributed by atoms with van der Waals surface area (Å²) in [6.07, 6.45) is 1.51. The van der Waals surface area contributed by atoms with E-state index in [1.165, 1.54) is 17.7 Å². The van der Waals surface area contributed by atoms with Gasteiger partial charge >= 0.3 is 0 Å². The molecule has 2 heterocycles. The van der Waals surface area contributed by atoms with Gasteiger partial charge in [0, 0.05) is 20.6 Å². The van der Waals surface area contributed by atoms with E-state index in [1.54, 1.807) is 40.8 Å². The highest BCUT2D eigenvalue weighted by atomic mass is 32.2. The normalized spacial score (nSPS) is 16.3. The first-order valence-corrected chi connectivity index (χ1v) is 8.69. The average molecular weight is 334 g/mol. The largest absolute Gasteiger partial charge is 0.341 e. The third-order valence-electron chi connectivity index (χ3n) is 4.08. The lowest BCUT2D eigenvalue weighted by Crippen LogP contribution is -2.30. The molecule has 23 heavy (non-hydrogen) atoms. The lowest BCUT2D eigenvalue weighted by atomic mass is 10.2. The number of aromatic nitrogens is 2. The number of nitrogens with zero attached hydrogens (tertiary/aromatic N) is 4. The molecule has 0 radical (unpaired) electrons. The van der Waals surface area contributed by atoms with Crippen molar-refractivity contribution in [3.63, 3.8) is 0 Å². The summed E-state index contributed by atoms with van der Waals surface area (Å²) in [5, 5.41) is 0. The van der Waals surface area contributed by atoms with Crippen molar-refractivity contribution in [3.05, 3.63) is 42.0 Å². The van der Waals surface area contributed by atoms with Crippen LogP contribution < -0.4 is 0 Å². The molecule has 0 fully saturated rings. The average Bonchev–Trinajstić information content (AvgIpc) is 2.93. The smallest absolute Gasteiger partial charge is 0.274 e. The van der Waals surface area contributed by atoms with Crippen molar-refractivity contribution in [2.75, 3.05) is 20.6 Å². The van der Waals surface area contributed by atoms with Crippen LogP contribution in [-0.4, -0.2) is 53.7 Å². The Labute approximate surface area is 135 Å². The SMILES string of the molecule is CCN(C)C(=O)c1ncn2c1CN(C)S(=O)(=O)c1ccccc1-2. The quantitative estimate of drug-likeness (QED) is 0.824. The van der Waals surface area contributed by atoms with Crippen LogP contribution >= 0.6 is 0 Å². The highest BCUT2D eigenvalue weighted by molar-refractivity contribution is 7.89. The Bertz CT molecular complexity index is 873. The molecule has 0 N–H and O–H groups in total. The molecule has 1 aliphatic heterocycles. The maximum atomic E-state index is 12.7. The van der Waals surface area contributed by atoms with Gasteiger partial charge in [0.25, 0.3) is 5.91 Å². The fourth-order valence-electron chi connectivity index (χ4n) is 2.57. The summed E-state index contributed by atoms with van der Waals surface area (Å²) in [4.78, 5) is 18.5. The Morgan fingerprint density at radius 2 is 2.04 bits per heavy atom. The molecule has 7 nitrogen and oxygen atoms in total. The van der Waals surface area contributed by atoms with Gasteiger partial charge in [-0.05, 0) is 19.1 Å². The predicted octanol–water partition coefficient (Wildman–Crippen LogP) is 1.10. The van der Waals surface area contributed by atoms with Gasteiger partial charge in [0.2, 0.25) is 10.0 Å². The number of imidazole rings is 1. The second-order valence-corrected chi connectivity index (χ2v) is 7.47. The molecule has 0 aliphatic carbocycles. The van der Waals surface area contributed by atoms with Crippen molar-refractivity contribution < 1.29 is 13.2 Å². The number of benzene rings is 1. The van der Waals surface area contributed by atoms with Gasteiger partial charge in [-0.15, -0.1) is 0 Å². The molecule has 1 amide bonds. The maximum Gasteiger partial charge on any atom is 0.274 e. The minimum Gasteiger partial charge on any atom is -0.341 e. The van der Waals surface area contributed by atoms with E-state index in [4.69, 9.17) is 0 Å². The van der Waals surface area contributed by atoms with Crippen LogP contribution in [0.5, 0.6) is 0 Å². The molecule has 0 bridgehead atoms. The number of carbonyl (C=O) groups excluding carboxylic acids is 1. The highest BCUT2D eigenvalue weighted by Gasteiger charge is 2.33. The molecule has 122 valence electrons. The molecule has 0 atom stereocenters. The number of fused-ring (bicyclic) bond motifs is 3. The monoisotopic (exact) mass is 334 g/mol. The van der Waals surface area contributed by atoms with Crippen molar-refractivity contribution in [2.24, 2.45) is 0 Å². The number of hydrogen-bond acceptors (Lipinski definition) is 4. The van der Waals surface area contributed by atoms with Gasteiger partial charge < -0.3 is 4.90 Å². The van der Waals surface area contributed by atoms with Crippen LogP contribution in [0.3, 0.4) is 0 Å². The summed E-state index contributed by atoms with van der Waals surface area (Å²) in [6.45, 7) is 2.52. The minimum atomic E-state index is -3.60. The van der Waals surface area contributed by atoms with Crippen LogP contribution in [0.4, 0.5) is 0 Å². The van der Waals surface area contributed by atoms with Crippen molar-refractivity contribution in [3.8, 4) is 5.69 Å². The Balaban J connectivity index is 2.24. The molecule has 0 spiro atoms. The van der Waals surface area contributed by atoms with E-state index in [-0.39, 0.29) is 23.0 Å². The van der Waals surface area contributed by atoms with Gasteiger partial charge in [0.15, 0.2) is 5.69 Å². The van der Waals surface area contributed by atoms with Crippen LogP contribution in [0.15, 0.2) is 35.5 Å². The number of sulfonamides is 1. The van der Waals surface area contributed by atoms with Gasteiger partial charge in [-0.3, -0.25) is 9.36 Å². The maximum absolute atomic E-state index is 12.7. The van der Waals surface area contributed by atoms with Crippen LogP contribution in [0.25, 0.3) is 5.69 Å². The van der Waals surface area contributed by atoms with Crippen LogP contribution in [0, 0.1) is 0 Å². The van der Waals surface area contributed by atoms with Crippen molar-refractivity contribution in [2.45, 2.75) is 18.4 Å². The van der Waals surface area contributed by atoms with Crippen LogP contribution in [0.1, 0.15) is 23.1 Å². The zero-order valence-corrected chi connectivity index (χ0v) is 14.0. The first-order valence-electron chi connectivity index (χ1n) is 7.25. The van der Waals surface area contributed by atoms with Crippen molar-refractivity contribution >= 4 is 15.9 Å². The number of amides is 1. The van der Waals surface area contributed by atoms with Gasteiger partial charge in [-0.2, -0.15) is 4.31 Å². The molecular weight excluding hydrogens is 316 g/mol. The summed E-state index contributed by atoms with van der Waals surface area (Å²) < 4.78 is 28.2. The molecule has 0 saturated carbocycles. The highest BCUT2D eigenvalue weighted by Crippen LogP contribution is 2.30. The van der Waals surface area contributed by atoms with Gasteiger partial charge in [0.05, 0.1) is 17.9 Å². The van der Waals surface area contributed by atoms with Gasteiger partial charge in [0.1, 0.15) is 11.2 Å². The van der Waals surface area contributed by atoms with E-state index in [0.29, 0.717) is 17.9 Å². The number of para-hydroxylation sites is 1. The molecular formula is C15H18N4O3S. The molecule has 1 aliphatic rings. The van der Waals surface area contributed by atoms with E-state index in [9.17, 15) is 13.2 Å². The van der Waals surface area contributed by atoms with E-state index in [2.05, 4.69) is 4.98 Å². The number of rotatable bonds is 2. The predicted molar refractivity (Wildman–Crippen MR) is 84.9 cm³/mol. The second-order valence-electron chi connectivity index (χ2n) is 5.46. The van der Waals surface area contributed by atoms with Crippen molar-refractivity contribution in [1.29, 1.82) is 0 Å². The second kappa shape index (κ2) is 5.47. The molecule has 1 aromatic carbocycles. The lowest BCUT2D eigenvalue weighted by molar-refractivity contribution is 0.0795. The fraction of sp³-hybridized carbons (Fsp3) is 0.333. The van der Waals surface area contributed by atoms with Crippen molar-refractivity contribution in [1.82, 2.24) is 18.8 Å². The summed E-state index contributed by atoms with van der Waals surface area (Å²) in [7, 11) is -0.403. The number of hydrogen-bond donors (Lipinski definition) is 0. The standard InChI is InChI=1S/C15H18N4O3S/c1-4-17(2)15(20)14-12-9-18(3)23(21,22)13-8-6-5-7-11(13)19(12)10-16-14/h5-8,10H,4,9H2,1-3H3. The molecule has 8 heteroatoms. The summed E-state index contributed by atoms with van der Waals surface area (Å²) in [6, 6.07) is 6.73.